The Bertz CT molecular complexity index is 795. The molecule has 0 amide bonds. The molecule has 0 spiro atoms. The van der Waals surface area contributed by atoms with Crippen LogP contribution in [-0.2, 0) is 6.42 Å². The third-order valence-corrected chi connectivity index (χ3v) is 4.17. The summed E-state index contributed by atoms with van der Waals surface area (Å²) >= 11 is 3.16. The largest absolute Gasteiger partial charge is 0.461 e. The van der Waals surface area contributed by atoms with Crippen LogP contribution in [0.5, 0.6) is 0 Å². The second-order valence-electron chi connectivity index (χ2n) is 5.04. The second kappa shape index (κ2) is 5.62. The number of hydrogen-bond acceptors (Lipinski definition) is 2. The lowest BCUT2D eigenvalue weighted by Gasteiger charge is -2.11. The highest BCUT2D eigenvalue weighted by atomic mass is 79.9. The maximum atomic E-state index is 13.3. The predicted molar refractivity (Wildman–Crippen MR) is 83.7 cm³/mol. The molecule has 0 aliphatic heterocycles. The van der Waals surface area contributed by atoms with Gasteiger partial charge >= 0.3 is 0 Å². The van der Waals surface area contributed by atoms with Crippen molar-refractivity contribution in [3.05, 3.63) is 69.6 Å². The quantitative estimate of drug-likeness (QED) is 0.728. The van der Waals surface area contributed by atoms with E-state index in [9.17, 15) is 9.50 Å². The summed E-state index contributed by atoms with van der Waals surface area (Å²) in [5, 5.41) is 11.5. The highest BCUT2D eigenvalue weighted by Gasteiger charge is 2.19. The molecule has 2 aromatic carbocycles. The first-order valence-corrected chi connectivity index (χ1v) is 7.45. The minimum atomic E-state index is -0.689. The third-order valence-electron chi connectivity index (χ3n) is 3.57. The first kappa shape index (κ1) is 14.3. The fourth-order valence-corrected chi connectivity index (χ4v) is 3.02. The topological polar surface area (TPSA) is 33.4 Å². The summed E-state index contributed by atoms with van der Waals surface area (Å²) in [5.41, 5.74) is 2.43. The van der Waals surface area contributed by atoms with Crippen LogP contribution in [0.1, 0.15) is 23.0 Å². The van der Waals surface area contributed by atoms with Crippen LogP contribution < -0.4 is 0 Å². The van der Waals surface area contributed by atoms with Gasteiger partial charge in [0.25, 0.3) is 0 Å². The van der Waals surface area contributed by atoms with E-state index >= 15 is 0 Å². The van der Waals surface area contributed by atoms with E-state index in [0.717, 1.165) is 22.1 Å². The van der Waals surface area contributed by atoms with Gasteiger partial charge in [-0.2, -0.15) is 0 Å². The number of halogens is 2. The van der Waals surface area contributed by atoms with Gasteiger partial charge in [-0.15, -0.1) is 0 Å². The average Bonchev–Trinajstić information content (AvgIpc) is 2.78. The van der Waals surface area contributed by atoms with Crippen LogP contribution in [0.15, 0.2) is 51.4 Å². The zero-order valence-electron chi connectivity index (χ0n) is 11.4. The number of aliphatic hydroxyl groups excluding tert-OH is 1. The zero-order valence-corrected chi connectivity index (χ0v) is 13.0. The van der Waals surface area contributed by atoms with Crippen LogP contribution in [-0.4, -0.2) is 5.11 Å². The van der Waals surface area contributed by atoms with Gasteiger partial charge in [-0.1, -0.05) is 24.3 Å². The first-order valence-electron chi connectivity index (χ1n) is 6.66. The molecule has 3 rings (SSSR count). The molecular weight excluding hydrogens is 335 g/mol. The number of aliphatic hydroxyl groups is 1. The highest BCUT2D eigenvalue weighted by Crippen LogP contribution is 2.32. The normalized spacial score (nSPS) is 12.8. The Labute approximate surface area is 130 Å². The molecule has 1 heterocycles. The van der Waals surface area contributed by atoms with E-state index in [1.165, 1.54) is 6.07 Å². The SMILES string of the molecule is Cc1oc2ccccc2c1C(O)Cc1ccc(F)c(Br)c1. The van der Waals surface area contributed by atoms with Crippen molar-refractivity contribution >= 4 is 26.9 Å². The van der Waals surface area contributed by atoms with Crippen molar-refractivity contribution in [1.82, 2.24) is 0 Å². The Balaban J connectivity index is 1.95. The Hall–Kier alpha value is -1.65. The van der Waals surface area contributed by atoms with E-state index in [4.69, 9.17) is 4.42 Å². The molecule has 21 heavy (non-hydrogen) atoms. The van der Waals surface area contributed by atoms with Crippen LogP contribution >= 0.6 is 15.9 Å². The molecule has 108 valence electrons. The van der Waals surface area contributed by atoms with E-state index in [1.807, 2.05) is 31.2 Å². The average molecular weight is 349 g/mol. The number of rotatable bonds is 3. The molecule has 3 aromatic rings. The van der Waals surface area contributed by atoms with Crippen LogP contribution in [0.2, 0.25) is 0 Å². The Kier molecular flexibility index (Phi) is 3.83. The number of aryl methyl sites for hydroxylation is 1. The minimum absolute atomic E-state index is 0.307. The van der Waals surface area contributed by atoms with Crippen molar-refractivity contribution < 1.29 is 13.9 Å². The molecule has 0 radical (unpaired) electrons. The fraction of sp³-hybridized carbons (Fsp3) is 0.176. The predicted octanol–water partition coefficient (Wildman–Crippen LogP) is 4.92. The Morgan fingerprint density at radius 2 is 2.00 bits per heavy atom. The lowest BCUT2D eigenvalue weighted by molar-refractivity contribution is 0.177. The number of hydrogen-bond donors (Lipinski definition) is 1. The van der Waals surface area contributed by atoms with E-state index in [-0.39, 0.29) is 5.82 Å². The lowest BCUT2D eigenvalue weighted by atomic mass is 9.99. The molecule has 2 nitrogen and oxygen atoms in total. The Morgan fingerprint density at radius 1 is 1.24 bits per heavy atom. The molecule has 1 atom stereocenters. The first-order chi connectivity index (χ1) is 10.1. The summed E-state index contributed by atoms with van der Waals surface area (Å²) in [6.07, 6.45) is -0.283. The molecular formula is C17H14BrFO2. The van der Waals surface area contributed by atoms with E-state index < -0.39 is 6.10 Å². The molecule has 0 fully saturated rings. The maximum absolute atomic E-state index is 13.3. The molecule has 0 bridgehead atoms. The summed E-state index contributed by atoms with van der Waals surface area (Å²) < 4.78 is 19.3. The summed E-state index contributed by atoms with van der Waals surface area (Å²) in [4.78, 5) is 0. The molecule has 0 saturated heterocycles. The van der Waals surface area contributed by atoms with Gasteiger partial charge in [-0.05, 0) is 46.6 Å². The summed E-state index contributed by atoms with van der Waals surface area (Å²) in [5.74, 6) is 0.406. The lowest BCUT2D eigenvalue weighted by Crippen LogP contribution is -2.03. The molecule has 0 aliphatic carbocycles. The molecule has 0 aliphatic rings. The number of fused-ring (bicyclic) bond motifs is 1. The number of benzene rings is 2. The van der Waals surface area contributed by atoms with E-state index in [0.29, 0.717) is 16.7 Å². The number of furan rings is 1. The molecule has 0 saturated carbocycles. The van der Waals surface area contributed by atoms with Gasteiger partial charge in [0.05, 0.1) is 10.6 Å². The summed E-state index contributed by atoms with van der Waals surface area (Å²) in [7, 11) is 0. The van der Waals surface area contributed by atoms with Crippen LogP contribution in [0, 0.1) is 12.7 Å². The third kappa shape index (κ3) is 2.74. The summed E-state index contributed by atoms with van der Waals surface area (Å²) in [6.45, 7) is 1.85. The van der Waals surface area contributed by atoms with Gasteiger partial charge in [0, 0.05) is 17.4 Å². The fourth-order valence-electron chi connectivity index (χ4n) is 2.59. The van der Waals surface area contributed by atoms with Gasteiger partial charge < -0.3 is 9.52 Å². The standard InChI is InChI=1S/C17H14BrFO2/c1-10-17(12-4-2-3-5-16(12)21-10)15(20)9-11-6-7-14(19)13(18)8-11/h2-8,15,20H,9H2,1H3. The van der Waals surface area contributed by atoms with Crippen LogP contribution in [0.3, 0.4) is 0 Å². The maximum Gasteiger partial charge on any atom is 0.137 e. The molecule has 4 heteroatoms. The van der Waals surface area contributed by atoms with Crippen LogP contribution in [0.4, 0.5) is 4.39 Å². The molecule has 1 unspecified atom stereocenters. The molecule has 1 aromatic heterocycles. The van der Waals surface area contributed by atoms with Crippen molar-refractivity contribution in [3.8, 4) is 0 Å². The van der Waals surface area contributed by atoms with Gasteiger partial charge in [-0.25, -0.2) is 4.39 Å². The Morgan fingerprint density at radius 3 is 2.76 bits per heavy atom. The van der Waals surface area contributed by atoms with Crippen molar-refractivity contribution in [2.24, 2.45) is 0 Å². The van der Waals surface area contributed by atoms with E-state index in [1.54, 1.807) is 12.1 Å². The zero-order chi connectivity index (χ0) is 15.0. The smallest absolute Gasteiger partial charge is 0.137 e. The molecule has 1 N–H and O–H groups in total. The van der Waals surface area contributed by atoms with Crippen molar-refractivity contribution in [2.75, 3.05) is 0 Å². The van der Waals surface area contributed by atoms with Crippen molar-refractivity contribution in [1.29, 1.82) is 0 Å². The summed E-state index contributed by atoms with van der Waals surface area (Å²) in [6, 6.07) is 12.4. The number of para-hydroxylation sites is 1. The van der Waals surface area contributed by atoms with E-state index in [2.05, 4.69) is 15.9 Å². The van der Waals surface area contributed by atoms with Gasteiger partial charge in [0.1, 0.15) is 17.2 Å². The van der Waals surface area contributed by atoms with Crippen molar-refractivity contribution in [2.45, 2.75) is 19.4 Å². The van der Waals surface area contributed by atoms with Crippen LogP contribution in [0.25, 0.3) is 11.0 Å². The highest BCUT2D eigenvalue weighted by molar-refractivity contribution is 9.10. The van der Waals surface area contributed by atoms with Gasteiger partial charge in [0.15, 0.2) is 0 Å². The second-order valence-corrected chi connectivity index (χ2v) is 5.89. The van der Waals surface area contributed by atoms with Gasteiger partial charge in [-0.3, -0.25) is 0 Å². The van der Waals surface area contributed by atoms with Crippen molar-refractivity contribution in [3.63, 3.8) is 0 Å². The monoisotopic (exact) mass is 348 g/mol. The van der Waals surface area contributed by atoms with Gasteiger partial charge in [0.2, 0.25) is 0 Å². The minimum Gasteiger partial charge on any atom is -0.461 e.